The van der Waals surface area contributed by atoms with Gasteiger partial charge in [-0.2, -0.15) is 0 Å². The van der Waals surface area contributed by atoms with Gasteiger partial charge in [-0.1, -0.05) is 0 Å². The van der Waals surface area contributed by atoms with Gasteiger partial charge in [-0.05, 0) is 41.1 Å². The number of rotatable bonds is 4. The van der Waals surface area contributed by atoms with Crippen molar-refractivity contribution in [3.8, 4) is 5.69 Å². The zero-order valence-electron chi connectivity index (χ0n) is 10.3. The fraction of sp³-hybridized carbons (Fsp3) is 0.250. The normalized spacial score (nSPS) is 20.4. The minimum absolute atomic E-state index is 0.257. The van der Waals surface area contributed by atoms with Crippen molar-refractivity contribution in [2.45, 2.75) is 6.42 Å². The molecule has 2 N–H and O–H groups in total. The average Bonchev–Trinajstić information content (AvgIpc) is 3.07. The molecule has 0 saturated heterocycles. The number of nitrogens with zero attached hydrogens (tertiary/aromatic N) is 4. The van der Waals surface area contributed by atoms with Crippen molar-refractivity contribution in [3.05, 3.63) is 30.6 Å². The van der Waals surface area contributed by atoms with Crippen LogP contribution < -0.4 is 5.32 Å². The Kier molecular flexibility index (Phi) is 2.90. The molecule has 1 saturated carbocycles. The zero-order chi connectivity index (χ0) is 14.1. The number of benzene rings is 1. The Labute approximate surface area is 113 Å². The van der Waals surface area contributed by atoms with Gasteiger partial charge in [0.15, 0.2) is 0 Å². The standard InChI is InChI=1S/C12H11N5O3/c18-11(9-5-10(9)12(19)20)14-7-1-3-8(4-2-7)17-6-13-15-16-17/h1-4,6,9-10H,5H2,(H,14,18)(H,19,20). The molecule has 1 amide bonds. The topological polar surface area (TPSA) is 110 Å². The fourth-order valence-corrected chi connectivity index (χ4v) is 1.97. The molecule has 1 aliphatic rings. The van der Waals surface area contributed by atoms with Crippen molar-refractivity contribution in [1.29, 1.82) is 0 Å². The number of hydrogen-bond donors (Lipinski definition) is 2. The first kappa shape index (κ1) is 12.3. The maximum Gasteiger partial charge on any atom is 0.307 e. The van der Waals surface area contributed by atoms with Crippen LogP contribution in [0.1, 0.15) is 6.42 Å². The van der Waals surface area contributed by atoms with Gasteiger partial charge in [0, 0.05) is 5.69 Å². The van der Waals surface area contributed by atoms with E-state index in [-0.39, 0.29) is 5.91 Å². The van der Waals surface area contributed by atoms with E-state index < -0.39 is 17.8 Å². The lowest BCUT2D eigenvalue weighted by atomic mass is 10.2. The minimum atomic E-state index is -0.917. The summed E-state index contributed by atoms with van der Waals surface area (Å²) in [4.78, 5) is 22.5. The molecule has 20 heavy (non-hydrogen) atoms. The lowest BCUT2D eigenvalue weighted by Gasteiger charge is -2.05. The highest BCUT2D eigenvalue weighted by Gasteiger charge is 2.48. The van der Waals surface area contributed by atoms with Gasteiger partial charge < -0.3 is 10.4 Å². The van der Waals surface area contributed by atoms with Crippen LogP contribution in [0.4, 0.5) is 5.69 Å². The molecule has 1 aliphatic carbocycles. The number of nitrogens with one attached hydrogen (secondary N) is 1. The van der Waals surface area contributed by atoms with E-state index in [2.05, 4.69) is 20.8 Å². The third-order valence-corrected chi connectivity index (χ3v) is 3.19. The minimum Gasteiger partial charge on any atom is -0.481 e. The molecule has 2 aromatic rings. The van der Waals surface area contributed by atoms with Gasteiger partial charge in [0.2, 0.25) is 5.91 Å². The second kappa shape index (κ2) is 4.72. The largest absolute Gasteiger partial charge is 0.481 e. The van der Waals surface area contributed by atoms with Gasteiger partial charge in [-0.25, -0.2) is 4.68 Å². The van der Waals surface area contributed by atoms with Gasteiger partial charge in [0.1, 0.15) is 6.33 Å². The van der Waals surface area contributed by atoms with Crippen molar-refractivity contribution in [2.24, 2.45) is 11.8 Å². The fourth-order valence-electron chi connectivity index (χ4n) is 1.97. The SMILES string of the molecule is O=C(O)C1CC1C(=O)Nc1ccc(-n2cnnn2)cc1. The number of aromatic nitrogens is 4. The molecule has 0 bridgehead atoms. The molecular formula is C12H11N5O3. The number of carbonyl (C=O) groups excluding carboxylic acids is 1. The molecular weight excluding hydrogens is 262 g/mol. The van der Waals surface area contributed by atoms with Crippen LogP contribution in [0.15, 0.2) is 30.6 Å². The van der Waals surface area contributed by atoms with Crippen molar-refractivity contribution < 1.29 is 14.7 Å². The van der Waals surface area contributed by atoms with Crippen molar-refractivity contribution >= 4 is 17.6 Å². The molecule has 1 aromatic heterocycles. The van der Waals surface area contributed by atoms with Crippen LogP contribution in [0.25, 0.3) is 5.69 Å². The first-order chi connectivity index (χ1) is 9.65. The molecule has 8 nitrogen and oxygen atoms in total. The average molecular weight is 273 g/mol. The molecule has 3 rings (SSSR count). The van der Waals surface area contributed by atoms with Crippen molar-refractivity contribution in [2.75, 3.05) is 5.32 Å². The summed E-state index contributed by atoms with van der Waals surface area (Å²) >= 11 is 0. The number of carbonyl (C=O) groups is 2. The van der Waals surface area contributed by atoms with Gasteiger partial charge in [-0.3, -0.25) is 9.59 Å². The third kappa shape index (κ3) is 2.35. The molecule has 1 heterocycles. The predicted octanol–water partition coefficient (Wildman–Crippen LogP) is 0.321. The maximum absolute atomic E-state index is 11.8. The lowest BCUT2D eigenvalue weighted by Crippen LogP contribution is -2.16. The van der Waals surface area contributed by atoms with E-state index in [1.54, 1.807) is 24.3 Å². The van der Waals surface area contributed by atoms with Crippen LogP contribution in [0.5, 0.6) is 0 Å². The smallest absolute Gasteiger partial charge is 0.307 e. The number of anilines is 1. The van der Waals surface area contributed by atoms with E-state index in [0.717, 1.165) is 5.69 Å². The first-order valence-electron chi connectivity index (χ1n) is 6.02. The monoisotopic (exact) mass is 273 g/mol. The summed E-state index contributed by atoms with van der Waals surface area (Å²) in [5.41, 5.74) is 1.38. The number of hydrogen-bond acceptors (Lipinski definition) is 5. The molecule has 0 radical (unpaired) electrons. The Morgan fingerprint density at radius 2 is 2.00 bits per heavy atom. The summed E-state index contributed by atoms with van der Waals surface area (Å²) in [6.45, 7) is 0. The van der Waals surface area contributed by atoms with Crippen LogP contribution in [0.3, 0.4) is 0 Å². The van der Waals surface area contributed by atoms with Crippen LogP contribution >= 0.6 is 0 Å². The van der Waals surface area contributed by atoms with Crippen LogP contribution in [0, 0.1) is 11.8 Å². The van der Waals surface area contributed by atoms with Crippen molar-refractivity contribution in [1.82, 2.24) is 20.2 Å². The summed E-state index contributed by atoms with van der Waals surface area (Å²) in [7, 11) is 0. The number of carboxylic acid groups (broad SMARTS) is 1. The molecule has 0 aliphatic heterocycles. The van der Waals surface area contributed by atoms with E-state index >= 15 is 0 Å². The Bertz CT molecular complexity index is 638. The van der Waals surface area contributed by atoms with Gasteiger partial charge >= 0.3 is 5.97 Å². The van der Waals surface area contributed by atoms with Crippen LogP contribution in [-0.2, 0) is 9.59 Å². The number of carboxylic acids is 1. The highest BCUT2D eigenvalue weighted by Crippen LogP contribution is 2.39. The molecule has 102 valence electrons. The molecule has 8 heteroatoms. The van der Waals surface area contributed by atoms with Crippen LogP contribution in [-0.4, -0.2) is 37.2 Å². The second-order valence-corrected chi connectivity index (χ2v) is 4.58. The summed E-state index contributed by atoms with van der Waals surface area (Å²) in [5.74, 6) is -2.14. The zero-order valence-corrected chi connectivity index (χ0v) is 10.3. The maximum atomic E-state index is 11.8. The molecule has 1 aromatic carbocycles. The highest BCUT2D eigenvalue weighted by atomic mass is 16.4. The Hall–Kier alpha value is -2.77. The van der Waals surface area contributed by atoms with Crippen molar-refractivity contribution in [3.63, 3.8) is 0 Å². The Morgan fingerprint density at radius 1 is 1.25 bits per heavy atom. The third-order valence-electron chi connectivity index (χ3n) is 3.19. The number of aliphatic carboxylic acids is 1. The van der Waals surface area contributed by atoms with Gasteiger partial charge in [-0.15, -0.1) is 5.10 Å². The summed E-state index contributed by atoms with van der Waals surface area (Å²) in [6, 6.07) is 6.95. The Morgan fingerprint density at radius 3 is 2.55 bits per heavy atom. The molecule has 0 spiro atoms. The van der Waals surface area contributed by atoms with E-state index in [4.69, 9.17) is 5.11 Å². The Balaban J connectivity index is 1.64. The molecule has 2 atom stereocenters. The van der Waals surface area contributed by atoms with E-state index in [0.29, 0.717) is 12.1 Å². The predicted molar refractivity (Wildman–Crippen MR) is 67.0 cm³/mol. The summed E-state index contributed by atoms with van der Waals surface area (Å²) < 4.78 is 1.49. The molecule has 2 unspecified atom stereocenters. The number of amides is 1. The van der Waals surface area contributed by atoms with Gasteiger partial charge in [0.25, 0.3) is 0 Å². The van der Waals surface area contributed by atoms with Gasteiger partial charge in [0.05, 0.1) is 17.5 Å². The van der Waals surface area contributed by atoms with Crippen LogP contribution in [0.2, 0.25) is 0 Å². The highest BCUT2D eigenvalue weighted by molar-refractivity contribution is 5.98. The van der Waals surface area contributed by atoms with E-state index in [9.17, 15) is 9.59 Å². The second-order valence-electron chi connectivity index (χ2n) is 4.58. The first-order valence-corrected chi connectivity index (χ1v) is 6.02. The summed E-state index contributed by atoms with van der Waals surface area (Å²) in [5, 5.41) is 22.3. The summed E-state index contributed by atoms with van der Waals surface area (Å²) in [6.07, 6.45) is 1.87. The molecule has 1 fully saturated rings. The quantitative estimate of drug-likeness (QED) is 0.830. The number of tetrazole rings is 1. The van der Waals surface area contributed by atoms with E-state index in [1.807, 2.05) is 0 Å². The van der Waals surface area contributed by atoms with E-state index in [1.165, 1.54) is 11.0 Å². The lowest BCUT2D eigenvalue weighted by molar-refractivity contribution is -0.139.